The van der Waals surface area contributed by atoms with Crippen molar-refractivity contribution in [3.05, 3.63) is 59.7 Å². The molecule has 0 heterocycles. The standard InChI is InChI=1S/C23H27NO5/c1-27-18-11-13-19(14-12-18)28-15-5-10-23(26)29-16-22(25)24-21-9-4-7-17-6-2-3-8-20(17)21/h2-3,6,8,11-14,21H,4-5,7,9-10,15-16H2,1H3,(H,24,25). The number of carbonyl (C=O) groups excluding carboxylic acids is 2. The van der Waals surface area contributed by atoms with Crippen molar-refractivity contribution in [2.45, 2.75) is 38.1 Å². The Balaban J connectivity index is 1.32. The van der Waals surface area contributed by atoms with Gasteiger partial charge >= 0.3 is 5.97 Å². The van der Waals surface area contributed by atoms with Crippen LogP contribution in [0, 0.1) is 0 Å². The lowest BCUT2D eigenvalue weighted by atomic mass is 9.88. The summed E-state index contributed by atoms with van der Waals surface area (Å²) in [5.41, 5.74) is 2.44. The van der Waals surface area contributed by atoms with Gasteiger partial charge in [0.1, 0.15) is 11.5 Å². The molecule has 6 nitrogen and oxygen atoms in total. The smallest absolute Gasteiger partial charge is 0.306 e. The molecule has 29 heavy (non-hydrogen) atoms. The van der Waals surface area contributed by atoms with Crippen LogP contribution in [0.4, 0.5) is 0 Å². The lowest BCUT2D eigenvalue weighted by Crippen LogP contribution is -2.34. The minimum atomic E-state index is -0.400. The van der Waals surface area contributed by atoms with Crippen molar-refractivity contribution in [3.8, 4) is 11.5 Å². The minimum Gasteiger partial charge on any atom is -0.497 e. The van der Waals surface area contributed by atoms with Gasteiger partial charge in [-0.25, -0.2) is 0 Å². The average molecular weight is 397 g/mol. The molecule has 154 valence electrons. The van der Waals surface area contributed by atoms with Gasteiger partial charge in [0.05, 0.1) is 19.8 Å². The summed E-state index contributed by atoms with van der Waals surface area (Å²) in [5.74, 6) is 0.805. The third-order valence-corrected chi connectivity index (χ3v) is 4.92. The number of nitrogens with one attached hydrogen (secondary N) is 1. The van der Waals surface area contributed by atoms with Crippen molar-refractivity contribution >= 4 is 11.9 Å². The number of aryl methyl sites for hydroxylation is 1. The maximum atomic E-state index is 12.2. The van der Waals surface area contributed by atoms with Gasteiger partial charge in [0.2, 0.25) is 0 Å². The zero-order valence-electron chi connectivity index (χ0n) is 16.7. The number of methoxy groups -OCH3 is 1. The predicted octanol–water partition coefficient (Wildman–Crippen LogP) is 3.59. The first-order valence-electron chi connectivity index (χ1n) is 9.95. The molecule has 1 aliphatic rings. The number of carbonyl (C=O) groups is 2. The molecule has 0 bridgehead atoms. The predicted molar refractivity (Wildman–Crippen MR) is 109 cm³/mol. The van der Waals surface area contributed by atoms with E-state index in [1.165, 1.54) is 5.56 Å². The van der Waals surface area contributed by atoms with E-state index >= 15 is 0 Å². The fourth-order valence-electron chi connectivity index (χ4n) is 3.44. The van der Waals surface area contributed by atoms with Gasteiger partial charge in [0.15, 0.2) is 6.61 Å². The summed E-state index contributed by atoms with van der Waals surface area (Å²) in [4.78, 5) is 24.0. The second-order valence-corrected chi connectivity index (χ2v) is 7.00. The number of esters is 1. The van der Waals surface area contributed by atoms with Gasteiger partial charge in [-0.15, -0.1) is 0 Å². The highest BCUT2D eigenvalue weighted by atomic mass is 16.5. The van der Waals surface area contributed by atoms with Crippen LogP contribution in [0.5, 0.6) is 11.5 Å². The monoisotopic (exact) mass is 397 g/mol. The van der Waals surface area contributed by atoms with Gasteiger partial charge in [-0.1, -0.05) is 24.3 Å². The summed E-state index contributed by atoms with van der Waals surface area (Å²) in [6, 6.07) is 15.4. The largest absolute Gasteiger partial charge is 0.497 e. The topological polar surface area (TPSA) is 73.9 Å². The molecule has 1 unspecified atom stereocenters. The second kappa shape index (κ2) is 10.5. The van der Waals surface area contributed by atoms with Crippen molar-refractivity contribution in [1.82, 2.24) is 5.32 Å². The Bertz CT molecular complexity index is 818. The van der Waals surface area contributed by atoms with Gasteiger partial charge in [-0.05, 0) is 61.1 Å². The number of ether oxygens (including phenoxy) is 3. The maximum absolute atomic E-state index is 12.2. The highest BCUT2D eigenvalue weighted by molar-refractivity contribution is 5.80. The molecule has 1 atom stereocenters. The van der Waals surface area contributed by atoms with E-state index in [4.69, 9.17) is 14.2 Å². The first kappa shape index (κ1) is 20.7. The molecule has 0 saturated heterocycles. The van der Waals surface area contributed by atoms with Crippen molar-refractivity contribution in [1.29, 1.82) is 0 Å². The van der Waals surface area contributed by atoms with Crippen molar-refractivity contribution < 1.29 is 23.8 Å². The van der Waals surface area contributed by atoms with Gasteiger partial charge in [0.25, 0.3) is 5.91 Å². The molecule has 6 heteroatoms. The van der Waals surface area contributed by atoms with E-state index in [1.807, 2.05) is 42.5 Å². The van der Waals surface area contributed by atoms with E-state index in [0.29, 0.717) is 18.8 Å². The van der Waals surface area contributed by atoms with Crippen molar-refractivity contribution in [2.75, 3.05) is 20.3 Å². The van der Waals surface area contributed by atoms with Crippen LogP contribution in [-0.2, 0) is 20.7 Å². The van der Waals surface area contributed by atoms with E-state index in [2.05, 4.69) is 11.4 Å². The maximum Gasteiger partial charge on any atom is 0.306 e. The number of amides is 1. The molecule has 2 aromatic carbocycles. The molecule has 0 aliphatic heterocycles. The normalized spacial score (nSPS) is 15.1. The summed E-state index contributed by atoms with van der Waals surface area (Å²) >= 11 is 0. The number of fused-ring (bicyclic) bond motifs is 1. The summed E-state index contributed by atoms with van der Waals surface area (Å²) < 4.78 is 15.8. The van der Waals surface area contributed by atoms with E-state index < -0.39 is 5.97 Å². The first-order valence-corrected chi connectivity index (χ1v) is 9.95. The van der Waals surface area contributed by atoms with Gasteiger partial charge in [-0.2, -0.15) is 0 Å². The van der Waals surface area contributed by atoms with E-state index in [0.717, 1.165) is 30.6 Å². The van der Waals surface area contributed by atoms with Gasteiger partial charge in [-0.3, -0.25) is 9.59 Å². The van der Waals surface area contributed by atoms with Gasteiger partial charge < -0.3 is 19.5 Å². The molecule has 1 aliphatic carbocycles. The van der Waals surface area contributed by atoms with Crippen LogP contribution in [0.2, 0.25) is 0 Å². The quantitative estimate of drug-likeness (QED) is 0.517. The zero-order chi connectivity index (χ0) is 20.5. The van der Waals surface area contributed by atoms with Crippen molar-refractivity contribution in [2.24, 2.45) is 0 Å². The number of rotatable bonds is 9. The number of hydrogen-bond acceptors (Lipinski definition) is 5. The van der Waals surface area contributed by atoms with Crippen LogP contribution in [0.15, 0.2) is 48.5 Å². The van der Waals surface area contributed by atoms with Crippen LogP contribution in [0.3, 0.4) is 0 Å². The Morgan fingerprint density at radius 3 is 2.62 bits per heavy atom. The molecule has 3 rings (SSSR count). The Morgan fingerprint density at radius 2 is 1.83 bits per heavy atom. The van der Waals surface area contributed by atoms with E-state index in [-0.39, 0.29) is 25.0 Å². The van der Waals surface area contributed by atoms with Crippen LogP contribution >= 0.6 is 0 Å². The van der Waals surface area contributed by atoms with E-state index in [9.17, 15) is 9.59 Å². The second-order valence-electron chi connectivity index (χ2n) is 7.00. The highest BCUT2D eigenvalue weighted by Crippen LogP contribution is 2.29. The molecule has 0 radical (unpaired) electrons. The average Bonchev–Trinajstić information content (AvgIpc) is 2.76. The summed E-state index contributed by atoms with van der Waals surface area (Å²) in [6.07, 6.45) is 3.70. The Kier molecular flexibility index (Phi) is 7.50. The molecule has 0 fully saturated rings. The van der Waals surface area contributed by atoms with Crippen LogP contribution in [0.1, 0.15) is 42.9 Å². The molecule has 0 spiro atoms. The zero-order valence-corrected chi connectivity index (χ0v) is 16.7. The lowest BCUT2D eigenvalue weighted by Gasteiger charge is -2.26. The molecule has 0 aromatic heterocycles. The molecular weight excluding hydrogens is 370 g/mol. The summed E-state index contributed by atoms with van der Waals surface area (Å²) in [7, 11) is 1.61. The highest BCUT2D eigenvalue weighted by Gasteiger charge is 2.21. The van der Waals surface area contributed by atoms with Crippen molar-refractivity contribution in [3.63, 3.8) is 0 Å². The fourth-order valence-corrected chi connectivity index (χ4v) is 3.44. The third-order valence-electron chi connectivity index (χ3n) is 4.92. The number of hydrogen-bond donors (Lipinski definition) is 1. The van der Waals surface area contributed by atoms with Crippen LogP contribution in [0.25, 0.3) is 0 Å². The molecule has 1 amide bonds. The first-order chi connectivity index (χ1) is 14.2. The third kappa shape index (κ3) is 6.24. The SMILES string of the molecule is COc1ccc(OCCCC(=O)OCC(=O)NC2CCCc3ccccc32)cc1. The molecule has 0 saturated carbocycles. The Labute approximate surface area is 171 Å². The Morgan fingerprint density at radius 1 is 1.07 bits per heavy atom. The molecule has 2 aromatic rings. The molecular formula is C23H27NO5. The lowest BCUT2D eigenvalue weighted by molar-refractivity contribution is -0.149. The van der Waals surface area contributed by atoms with Crippen LogP contribution in [-0.4, -0.2) is 32.2 Å². The number of benzene rings is 2. The van der Waals surface area contributed by atoms with E-state index in [1.54, 1.807) is 7.11 Å². The fraction of sp³-hybridized carbons (Fsp3) is 0.391. The van der Waals surface area contributed by atoms with Crippen LogP contribution < -0.4 is 14.8 Å². The minimum absolute atomic E-state index is 0.0101. The molecule has 1 N–H and O–H groups in total. The van der Waals surface area contributed by atoms with Gasteiger partial charge in [0, 0.05) is 6.42 Å². The summed E-state index contributed by atoms with van der Waals surface area (Å²) in [5, 5.41) is 2.98. The Hall–Kier alpha value is -3.02. The summed E-state index contributed by atoms with van der Waals surface area (Å²) in [6.45, 7) is 0.142.